The summed E-state index contributed by atoms with van der Waals surface area (Å²) < 4.78 is 17.6. The first kappa shape index (κ1) is 34.9. The van der Waals surface area contributed by atoms with Gasteiger partial charge in [0.2, 0.25) is 0 Å². The monoisotopic (exact) mass is 485 g/mol. The van der Waals surface area contributed by atoms with Gasteiger partial charge >= 0.3 is 0 Å². The lowest BCUT2D eigenvalue weighted by Gasteiger charge is -2.21. The van der Waals surface area contributed by atoms with Gasteiger partial charge in [0.1, 0.15) is 5.82 Å². The Hall–Kier alpha value is -2.26. The van der Waals surface area contributed by atoms with Gasteiger partial charge in [-0.3, -0.25) is 4.98 Å². The molecule has 0 amide bonds. The van der Waals surface area contributed by atoms with Crippen molar-refractivity contribution < 1.29 is 9.13 Å². The molecule has 1 fully saturated rings. The number of rotatable bonds is 5. The molecule has 1 aromatic carbocycles. The van der Waals surface area contributed by atoms with E-state index in [1.54, 1.807) is 26.4 Å². The van der Waals surface area contributed by atoms with Crippen LogP contribution in [0.15, 0.2) is 66.4 Å². The van der Waals surface area contributed by atoms with Crippen molar-refractivity contribution in [2.75, 3.05) is 14.2 Å². The SMILES string of the molecule is C=C1CC(CC(Cc2ccc(C)nc2)c2ccc(F)cc2)C/C1=C/C.CC.CC.CCC.COC. The Morgan fingerprint density at radius 3 is 2.00 bits per heavy atom. The van der Waals surface area contributed by atoms with E-state index in [9.17, 15) is 4.39 Å². The lowest BCUT2D eigenvalue weighted by atomic mass is 9.84. The molecule has 0 bridgehead atoms. The molecule has 2 unspecified atom stereocenters. The smallest absolute Gasteiger partial charge is 0.123 e. The highest BCUT2D eigenvalue weighted by atomic mass is 19.1. The minimum Gasteiger partial charge on any atom is -0.388 e. The van der Waals surface area contributed by atoms with E-state index in [1.807, 2.05) is 52.9 Å². The Morgan fingerprint density at radius 2 is 1.57 bits per heavy atom. The maximum absolute atomic E-state index is 13.3. The Morgan fingerprint density at radius 1 is 1.03 bits per heavy atom. The topological polar surface area (TPSA) is 22.1 Å². The van der Waals surface area contributed by atoms with Crippen LogP contribution in [-0.2, 0) is 11.2 Å². The molecule has 1 saturated carbocycles. The van der Waals surface area contributed by atoms with Gasteiger partial charge in [0.25, 0.3) is 0 Å². The zero-order valence-electron chi connectivity index (χ0n) is 24.2. The fourth-order valence-corrected chi connectivity index (χ4v) is 3.87. The van der Waals surface area contributed by atoms with Gasteiger partial charge in [-0.25, -0.2) is 4.39 Å². The molecule has 0 aliphatic heterocycles. The van der Waals surface area contributed by atoms with Crippen LogP contribution in [0.1, 0.15) is 96.9 Å². The van der Waals surface area contributed by atoms with Crippen molar-refractivity contribution in [3.05, 3.63) is 89.0 Å². The first-order valence-corrected chi connectivity index (χ1v) is 13.3. The number of aryl methyl sites for hydroxylation is 1. The summed E-state index contributed by atoms with van der Waals surface area (Å²) in [6.07, 6.45) is 9.63. The minimum atomic E-state index is -0.176. The maximum Gasteiger partial charge on any atom is 0.123 e. The third-order valence-electron chi connectivity index (χ3n) is 5.26. The highest BCUT2D eigenvalue weighted by molar-refractivity contribution is 5.34. The highest BCUT2D eigenvalue weighted by Crippen LogP contribution is 2.40. The molecule has 0 spiro atoms. The normalized spacial score (nSPS) is 15.8. The van der Waals surface area contributed by atoms with Gasteiger partial charge in [0.05, 0.1) is 0 Å². The van der Waals surface area contributed by atoms with Gasteiger partial charge in [0.15, 0.2) is 0 Å². The fourth-order valence-electron chi connectivity index (χ4n) is 3.87. The van der Waals surface area contributed by atoms with Crippen molar-refractivity contribution in [3.8, 4) is 0 Å². The Labute approximate surface area is 216 Å². The number of ether oxygens (including phenoxy) is 1. The van der Waals surface area contributed by atoms with Gasteiger partial charge in [-0.05, 0) is 86.3 Å². The third-order valence-corrected chi connectivity index (χ3v) is 5.26. The molecule has 1 aromatic heterocycles. The molecule has 0 radical (unpaired) electrons. The van der Waals surface area contributed by atoms with Crippen molar-refractivity contribution in [1.82, 2.24) is 4.98 Å². The molecule has 0 saturated heterocycles. The van der Waals surface area contributed by atoms with Crippen LogP contribution in [0.2, 0.25) is 0 Å². The quantitative estimate of drug-likeness (QED) is 0.420. The molecule has 2 atom stereocenters. The predicted molar refractivity (Wildman–Crippen MR) is 154 cm³/mol. The summed E-state index contributed by atoms with van der Waals surface area (Å²) >= 11 is 0. The van der Waals surface area contributed by atoms with Crippen LogP contribution in [0.3, 0.4) is 0 Å². The van der Waals surface area contributed by atoms with E-state index in [2.05, 4.69) is 55.3 Å². The molecule has 2 nitrogen and oxygen atoms in total. The van der Waals surface area contributed by atoms with E-state index in [0.717, 1.165) is 31.4 Å². The molecule has 1 heterocycles. The van der Waals surface area contributed by atoms with Crippen molar-refractivity contribution in [2.24, 2.45) is 5.92 Å². The second kappa shape index (κ2) is 22.2. The lowest BCUT2D eigenvalue weighted by Crippen LogP contribution is -2.09. The van der Waals surface area contributed by atoms with Gasteiger partial charge in [-0.15, -0.1) is 0 Å². The summed E-state index contributed by atoms with van der Waals surface area (Å²) in [4.78, 5) is 4.43. The molecule has 1 aliphatic rings. The maximum atomic E-state index is 13.3. The van der Waals surface area contributed by atoms with Gasteiger partial charge in [-0.2, -0.15) is 0 Å². The number of aromatic nitrogens is 1. The number of nitrogens with zero attached hydrogens (tertiary/aromatic N) is 1. The zero-order chi connectivity index (χ0) is 27.2. The largest absolute Gasteiger partial charge is 0.388 e. The summed E-state index contributed by atoms with van der Waals surface area (Å²) in [5, 5.41) is 0. The van der Waals surface area contributed by atoms with E-state index in [4.69, 9.17) is 0 Å². The van der Waals surface area contributed by atoms with E-state index in [-0.39, 0.29) is 5.82 Å². The van der Waals surface area contributed by atoms with Crippen LogP contribution < -0.4 is 0 Å². The summed E-state index contributed by atoms with van der Waals surface area (Å²) in [6.45, 7) is 20.6. The second-order valence-electron chi connectivity index (χ2n) is 8.30. The summed E-state index contributed by atoms with van der Waals surface area (Å²) in [7, 11) is 3.25. The van der Waals surface area contributed by atoms with E-state index in [1.165, 1.54) is 28.7 Å². The molecule has 3 rings (SSSR count). The van der Waals surface area contributed by atoms with E-state index < -0.39 is 0 Å². The number of halogens is 1. The van der Waals surface area contributed by atoms with Gasteiger partial charge < -0.3 is 4.74 Å². The van der Waals surface area contributed by atoms with Crippen LogP contribution in [0.25, 0.3) is 0 Å². The number of methoxy groups -OCH3 is 1. The van der Waals surface area contributed by atoms with E-state index >= 15 is 0 Å². The number of allylic oxidation sites excluding steroid dienone is 3. The zero-order valence-corrected chi connectivity index (χ0v) is 24.2. The number of pyridine rings is 1. The van der Waals surface area contributed by atoms with Crippen LogP contribution >= 0.6 is 0 Å². The number of hydrogen-bond donors (Lipinski definition) is 0. The molecule has 35 heavy (non-hydrogen) atoms. The van der Waals surface area contributed by atoms with E-state index in [0.29, 0.717) is 11.8 Å². The molecule has 1 aliphatic carbocycles. The second-order valence-corrected chi connectivity index (χ2v) is 8.30. The Bertz CT molecular complexity index is 791. The number of hydrogen-bond acceptors (Lipinski definition) is 2. The van der Waals surface area contributed by atoms with Crippen molar-refractivity contribution in [1.29, 1.82) is 0 Å². The summed E-state index contributed by atoms with van der Waals surface area (Å²) in [5.41, 5.74) is 6.17. The van der Waals surface area contributed by atoms with Crippen molar-refractivity contribution in [3.63, 3.8) is 0 Å². The first-order chi connectivity index (χ1) is 16.9. The predicted octanol–water partition coefficient (Wildman–Crippen LogP) is 9.89. The van der Waals surface area contributed by atoms with Crippen LogP contribution in [0, 0.1) is 18.7 Å². The van der Waals surface area contributed by atoms with Gasteiger partial charge in [-0.1, -0.05) is 84.4 Å². The molecular formula is C32H52FNO. The standard InChI is InChI=1S/C23H26FN.C3H8.C2H6O.2C2H6/c1-4-20-13-19(11-16(20)2)14-22(21-7-9-23(24)10-8-21)12-18-6-5-17(3)25-15-18;2*1-3-2;2*1-2/h4-10,15,19,22H,2,11-14H2,1,3H3;3H2,1-2H3;1-2H3;2*1-2H3/b20-4-;;;;. The third kappa shape index (κ3) is 14.7. The van der Waals surface area contributed by atoms with Crippen LogP contribution in [-0.4, -0.2) is 19.2 Å². The summed E-state index contributed by atoms with van der Waals surface area (Å²) in [6, 6.07) is 11.2. The molecule has 2 aromatic rings. The molecule has 198 valence electrons. The Kier molecular flexibility index (Phi) is 22.2. The minimum absolute atomic E-state index is 0.176. The van der Waals surface area contributed by atoms with Crippen molar-refractivity contribution >= 4 is 0 Å². The molecule has 3 heteroatoms. The lowest BCUT2D eigenvalue weighted by molar-refractivity contribution is 0.277. The average Bonchev–Trinajstić information content (AvgIpc) is 3.23. The van der Waals surface area contributed by atoms with Crippen LogP contribution in [0.4, 0.5) is 4.39 Å². The fraction of sp³-hybridized carbons (Fsp3) is 0.531. The van der Waals surface area contributed by atoms with Crippen LogP contribution in [0.5, 0.6) is 0 Å². The van der Waals surface area contributed by atoms with Crippen molar-refractivity contribution in [2.45, 2.75) is 93.4 Å². The first-order valence-electron chi connectivity index (χ1n) is 13.3. The van der Waals surface area contributed by atoms with Gasteiger partial charge in [0, 0.05) is 26.1 Å². The highest BCUT2D eigenvalue weighted by Gasteiger charge is 2.26. The average molecular weight is 486 g/mol. The number of benzene rings is 1. The summed E-state index contributed by atoms with van der Waals surface area (Å²) in [5.74, 6) is 0.816. The molecular weight excluding hydrogens is 433 g/mol. The Balaban J connectivity index is 0. The molecule has 0 N–H and O–H groups in total.